The van der Waals surface area contributed by atoms with Crippen LogP contribution < -0.4 is 0 Å². The molecule has 2 rings (SSSR count). The van der Waals surface area contributed by atoms with Crippen molar-refractivity contribution < 1.29 is 13.2 Å². The molecule has 0 N–H and O–H groups in total. The van der Waals surface area contributed by atoms with Crippen molar-refractivity contribution in [2.75, 3.05) is 18.1 Å². The highest BCUT2D eigenvalue weighted by atomic mass is 35.5. The van der Waals surface area contributed by atoms with Gasteiger partial charge in [-0.2, -0.15) is 0 Å². The van der Waals surface area contributed by atoms with Crippen molar-refractivity contribution in [1.82, 2.24) is 9.88 Å². The number of amides is 1. The first-order valence-electron chi connectivity index (χ1n) is 6.06. The summed E-state index contributed by atoms with van der Waals surface area (Å²) in [5.74, 6) is 0.00208. The molecule has 104 valence electrons. The number of nitrogens with zero attached hydrogens (tertiary/aromatic N) is 2. The molecule has 1 aromatic rings. The predicted octanol–water partition coefficient (Wildman–Crippen LogP) is 1.38. The van der Waals surface area contributed by atoms with Gasteiger partial charge in [-0.15, -0.1) is 0 Å². The number of hydrogen-bond donors (Lipinski definition) is 0. The van der Waals surface area contributed by atoms with Gasteiger partial charge >= 0.3 is 0 Å². The number of halogens is 1. The van der Waals surface area contributed by atoms with Gasteiger partial charge in [0.15, 0.2) is 9.84 Å². The summed E-state index contributed by atoms with van der Waals surface area (Å²) >= 11 is 5.68. The highest BCUT2D eigenvalue weighted by Gasteiger charge is 2.34. The zero-order valence-electron chi connectivity index (χ0n) is 10.5. The Balaban J connectivity index is 2.18. The molecule has 1 aromatic heterocycles. The van der Waals surface area contributed by atoms with Crippen LogP contribution in [0.2, 0.25) is 5.15 Å². The summed E-state index contributed by atoms with van der Waals surface area (Å²) in [4.78, 5) is 17.8. The maximum atomic E-state index is 12.3. The third-order valence-corrected chi connectivity index (χ3v) is 5.20. The van der Waals surface area contributed by atoms with E-state index in [0.29, 0.717) is 23.7 Å². The van der Waals surface area contributed by atoms with Gasteiger partial charge in [0.1, 0.15) is 5.15 Å². The molecule has 1 unspecified atom stereocenters. The van der Waals surface area contributed by atoms with E-state index < -0.39 is 9.84 Å². The highest BCUT2D eigenvalue weighted by Crippen LogP contribution is 2.20. The molecule has 1 amide bonds. The van der Waals surface area contributed by atoms with Gasteiger partial charge in [-0.3, -0.25) is 4.79 Å². The lowest BCUT2D eigenvalue weighted by molar-refractivity contribution is 0.0708. The molecule has 19 heavy (non-hydrogen) atoms. The average molecular weight is 303 g/mol. The molecule has 5 nitrogen and oxygen atoms in total. The Morgan fingerprint density at radius 1 is 1.53 bits per heavy atom. The third kappa shape index (κ3) is 3.25. The van der Waals surface area contributed by atoms with Crippen LogP contribution in [0.1, 0.15) is 23.7 Å². The van der Waals surface area contributed by atoms with E-state index in [9.17, 15) is 13.2 Å². The van der Waals surface area contributed by atoms with Gasteiger partial charge in [0.2, 0.25) is 0 Å². The Morgan fingerprint density at radius 2 is 2.26 bits per heavy atom. The van der Waals surface area contributed by atoms with E-state index in [4.69, 9.17) is 11.6 Å². The Bertz CT molecular complexity index is 571. The fourth-order valence-electron chi connectivity index (χ4n) is 2.26. The molecule has 0 bridgehead atoms. The number of carbonyl (C=O) groups excluding carboxylic acids is 1. The van der Waals surface area contributed by atoms with E-state index >= 15 is 0 Å². The number of aromatic nitrogens is 1. The van der Waals surface area contributed by atoms with Crippen molar-refractivity contribution in [3.63, 3.8) is 0 Å². The molecule has 0 aliphatic carbocycles. The Morgan fingerprint density at radius 3 is 2.74 bits per heavy atom. The number of hydrogen-bond acceptors (Lipinski definition) is 4. The van der Waals surface area contributed by atoms with Crippen molar-refractivity contribution in [3.05, 3.63) is 29.0 Å². The van der Waals surface area contributed by atoms with Crippen LogP contribution in [0.15, 0.2) is 18.3 Å². The van der Waals surface area contributed by atoms with Gasteiger partial charge < -0.3 is 4.90 Å². The summed E-state index contributed by atoms with van der Waals surface area (Å²) in [5, 5.41) is 0.322. The quantitative estimate of drug-likeness (QED) is 0.791. The van der Waals surface area contributed by atoms with Crippen LogP contribution in [0.5, 0.6) is 0 Å². The van der Waals surface area contributed by atoms with Crippen molar-refractivity contribution in [1.29, 1.82) is 0 Å². The number of pyridine rings is 1. The van der Waals surface area contributed by atoms with E-state index in [0.717, 1.165) is 0 Å². The fourth-order valence-corrected chi connectivity index (χ4v) is 4.10. The lowest BCUT2D eigenvalue weighted by atomic mass is 10.1. The minimum Gasteiger partial charge on any atom is -0.335 e. The molecule has 0 aromatic carbocycles. The predicted molar refractivity (Wildman–Crippen MR) is 73.0 cm³/mol. The van der Waals surface area contributed by atoms with E-state index in [-0.39, 0.29) is 23.5 Å². The van der Waals surface area contributed by atoms with E-state index in [2.05, 4.69) is 4.98 Å². The minimum atomic E-state index is -3.00. The standard InChI is InChI=1S/C12H15ClN2O3S/c1-2-15(10-5-6-19(17,18)8-10)12(16)9-3-4-11(13)14-7-9/h3-4,7,10H,2,5-6,8H2,1H3. The molecule has 7 heteroatoms. The van der Waals surface area contributed by atoms with Gasteiger partial charge in [0.05, 0.1) is 17.1 Å². The van der Waals surface area contributed by atoms with Gasteiger partial charge in [0, 0.05) is 18.8 Å². The molecule has 0 saturated carbocycles. The summed E-state index contributed by atoms with van der Waals surface area (Å²) in [6, 6.07) is 2.91. The SMILES string of the molecule is CCN(C(=O)c1ccc(Cl)nc1)C1CCS(=O)(=O)C1. The molecule has 2 heterocycles. The average Bonchev–Trinajstić information content (AvgIpc) is 2.71. The summed E-state index contributed by atoms with van der Waals surface area (Å²) in [6.07, 6.45) is 1.92. The third-order valence-electron chi connectivity index (χ3n) is 3.23. The van der Waals surface area contributed by atoms with Crippen LogP contribution in [0, 0.1) is 0 Å². The van der Waals surface area contributed by atoms with Crippen LogP contribution in [-0.4, -0.2) is 48.3 Å². The number of rotatable bonds is 3. The first kappa shape index (κ1) is 14.3. The van der Waals surface area contributed by atoms with Crippen molar-refractivity contribution in [2.45, 2.75) is 19.4 Å². The van der Waals surface area contributed by atoms with Gasteiger partial charge in [-0.1, -0.05) is 11.6 Å². The smallest absolute Gasteiger partial charge is 0.255 e. The lowest BCUT2D eigenvalue weighted by Gasteiger charge is -2.26. The van der Waals surface area contributed by atoms with Crippen molar-refractivity contribution in [2.24, 2.45) is 0 Å². The second-order valence-corrected chi connectivity index (χ2v) is 7.13. The normalized spacial score (nSPS) is 21.3. The molecule has 1 fully saturated rings. The Labute approximate surface area is 117 Å². The highest BCUT2D eigenvalue weighted by molar-refractivity contribution is 7.91. The Hall–Kier alpha value is -1.14. The first-order chi connectivity index (χ1) is 8.93. The summed E-state index contributed by atoms with van der Waals surface area (Å²) in [5.41, 5.74) is 0.426. The van der Waals surface area contributed by atoms with Gasteiger partial charge in [-0.05, 0) is 25.5 Å². The van der Waals surface area contributed by atoms with E-state index in [1.807, 2.05) is 6.92 Å². The Kier molecular flexibility index (Phi) is 4.10. The first-order valence-corrected chi connectivity index (χ1v) is 8.26. The molecule has 0 radical (unpaired) electrons. The van der Waals surface area contributed by atoms with Gasteiger partial charge in [-0.25, -0.2) is 13.4 Å². The molecule has 1 aliphatic heterocycles. The summed E-state index contributed by atoms with van der Waals surface area (Å²) < 4.78 is 23.0. The van der Waals surface area contributed by atoms with Crippen LogP contribution in [-0.2, 0) is 9.84 Å². The molecular formula is C12H15ClN2O3S. The van der Waals surface area contributed by atoms with E-state index in [1.54, 1.807) is 17.0 Å². The second-order valence-electron chi connectivity index (χ2n) is 4.52. The maximum absolute atomic E-state index is 12.3. The van der Waals surface area contributed by atoms with E-state index in [1.165, 1.54) is 6.20 Å². The van der Waals surface area contributed by atoms with Crippen LogP contribution in [0.25, 0.3) is 0 Å². The zero-order valence-corrected chi connectivity index (χ0v) is 12.1. The van der Waals surface area contributed by atoms with Gasteiger partial charge in [0.25, 0.3) is 5.91 Å². The van der Waals surface area contributed by atoms with Crippen LogP contribution in [0.3, 0.4) is 0 Å². The topological polar surface area (TPSA) is 67.3 Å². The lowest BCUT2D eigenvalue weighted by Crippen LogP contribution is -2.41. The number of sulfone groups is 1. The zero-order chi connectivity index (χ0) is 14.0. The summed E-state index contributed by atoms with van der Waals surface area (Å²) in [7, 11) is -3.00. The maximum Gasteiger partial charge on any atom is 0.255 e. The summed E-state index contributed by atoms with van der Waals surface area (Å²) in [6.45, 7) is 2.31. The van der Waals surface area contributed by atoms with Crippen LogP contribution in [0.4, 0.5) is 0 Å². The largest absolute Gasteiger partial charge is 0.335 e. The second kappa shape index (κ2) is 5.46. The molecule has 1 aliphatic rings. The molecule has 1 saturated heterocycles. The monoisotopic (exact) mass is 302 g/mol. The van der Waals surface area contributed by atoms with Crippen molar-refractivity contribution >= 4 is 27.3 Å². The molecule has 1 atom stereocenters. The molecular weight excluding hydrogens is 288 g/mol. The molecule has 0 spiro atoms. The van der Waals surface area contributed by atoms with Crippen LogP contribution >= 0.6 is 11.6 Å². The minimum absolute atomic E-state index is 0.0492. The number of carbonyl (C=O) groups is 1. The fraction of sp³-hybridized carbons (Fsp3) is 0.500. The van der Waals surface area contributed by atoms with Crippen molar-refractivity contribution in [3.8, 4) is 0 Å².